The van der Waals surface area contributed by atoms with Gasteiger partial charge < -0.3 is 9.47 Å². The van der Waals surface area contributed by atoms with Crippen LogP contribution in [0.1, 0.15) is 109 Å². The predicted molar refractivity (Wildman–Crippen MR) is 118 cm³/mol. The molecule has 0 radical (unpaired) electrons. The van der Waals surface area contributed by atoms with Gasteiger partial charge in [-0.15, -0.1) is 0 Å². The Morgan fingerprint density at radius 2 is 1.36 bits per heavy atom. The molecule has 3 heteroatoms. The average molecular weight is 391 g/mol. The zero-order valence-electron chi connectivity index (χ0n) is 18.3. The molecular formula is C25H42O3. The lowest BCUT2D eigenvalue weighted by atomic mass is 10.0. The largest absolute Gasteiger partial charge is 0.494 e. The summed E-state index contributed by atoms with van der Waals surface area (Å²) < 4.78 is 10.8. The fourth-order valence-corrected chi connectivity index (χ4v) is 3.41. The van der Waals surface area contributed by atoms with Gasteiger partial charge in [-0.05, 0) is 31.0 Å². The van der Waals surface area contributed by atoms with Gasteiger partial charge in [-0.3, -0.25) is 4.79 Å². The summed E-state index contributed by atoms with van der Waals surface area (Å²) in [7, 11) is 0. The second kappa shape index (κ2) is 17.6. The van der Waals surface area contributed by atoms with Crippen LogP contribution in [0.4, 0.5) is 0 Å². The summed E-state index contributed by atoms with van der Waals surface area (Å²) in [6.07, 6.45) is 17.6. The number of hydrogen-bond donors (Lipinski definition) is 0. The molecule has 0 atom stereocenters. The Morgan fingerprint density at radius 3 is 1.93 bits per heavy atom. The average Bonchev–Trinajstić information content (AvgIpc) is 2.70. The van der Waals surface area contributed by atoms with Crippen molar-refractivity contribution in [3.05, 3.63) is 29.8 Å². The molecule has 1 rings (SSSR count). The Labute approximate surface area is 173 Å². The Balaban J connectivity index is 1.91. The molecule has 3 nitrogen and oxygen atoms in total. The highest BCUT2D eigenvalue weighted by molar-refractivity contribution is 5.69. The summed E-state index contributed by atoms with van der Waals surface area (Å²) in [6.45, 7) is 5.20. The lowest BCUT2D eigenvalue weighted by Crippen LogP contribution is -2.04. The number of rotatable bonds is 18. The zero-order chi connectivity index (χ0) is 20.3. The van der Waals surface area contributed by atoms with E-state index in [4.69, 9.17) is 9.47 Å². The third-order valence-corrected chi connectivity index (χ3v) is 5.09. The monoisotopic (exact) mass is 390 g/mol. The molecule has 0 amide bonds. The molecule has 160 valence electrons. The van der Waals surface area contributed by atoms with Gasteiger partial charge in [0.15, 0.2) is 0 Å². The van der Waals surface area contributed by atoms with Crippen LogP contribution in [0, 0.1) is 0 Å². The van der Waals surface area contributed by atoms with Crippen molar-refractivity contribution in [2.75, 3.05) is 6.61 Å². The number of carbonyl (C=O) groups excluding carboxylic acids is 1. The van der Waals surface area contributed by atoms with E-state index >= 15 is 0 Å². The molecule has 0 fully saturated rings. The first-order valence-corrected chi connectivity index (χ1v) is 11.6. The molecule has 0 spiro atoms. The van der Waals surface area contributed by atoms with Gasteiger partial charge in [-0.2, -0.15) is 0 Å². The van der Waals surface area contributed by atoms with Crippen molar-refractivity contribution >= 4 is 5.97 Å². The molecule has 0 saturated carbocycles. The lowest BCUT2D eigenvalue weighted by Gasteiger charge is -2.07. The van der Waals surface area contributed by atoms with Gasteiger partial charge in [-0.1, -0.05) is 96.1 Å². The van der Waals surface area contributed by atoms with Crippen molar-refractivity contribution < 1.29 is 14.3 Å². The third kappa shape index (κ3) is 13.6. The number of ether oxygens (including phenoxy) is 2. The predicted octanol–water partition coefficient (Wildman–Crippen LogP) is 7.61. The van der Waals surface area contributed by atoms with E-state index in [9.17, 15) is 4.79 Å². The standard InChI is InChI=1S/C25H42O3/c1-3-5-6-7-8-9-10-11-12-13-14-15-16-20-25(26)28-22-23-18-17-19-24(21-23)27-4-2/h17-19,21H,3-16,20,22H2,1-2H3. The van der Waals surface area contributed by atoms with E-state index in [1.54, 1.807) is 0 Å². The Hall–Kier alpha value is -1.51. The molecule has 0 aliphatic rings. The summed E-state index contributed by atoms with van der Waals surface area (Å²) >= 11 is 0. The quantitative estimate of drug-likeness (QED) is 0.191. The SMILES string of the molecule is CCCCCCCCCCCCCCCC(=O)OCc1cccc(OCC)c1. The zero-order valence-corrected chi connectivity index (χ0v) is 18.3. The number of unbranched alkanes of at least 4 members (excludes halogenated alkanes) is 12. The third-order valence-electron chi connectivity index (χ3n) is 5.09. The van der Waals surface area contributed by atoms with Gasteiger partial charge in [0.05, 0.1) is 6.61 Å². The molecule has 1 aromatic carbocycles. The molecule has 28 heavy (non-hydrogen) atoms. The summed E-state index contributed by atoms with van der Waals surface area (Å²) in [5, 5.41) is 0. The van der Waals surface area contributed by atoms with Crippen LogP contribution < -0.4 is 4.74 Å². The maximum absolute atomic E-state index is 11.9. The van der Waals surface area contributed by atoms with Crippen LogP contribution in [0.25, 0.3) is 0 Å². The van der Waals surface area contributed by atoms with E-state index in [1.165, 1.54) is 70.6 Å². The molecule has 0 heterocycles. The first kappa shape index (κ1) is 24.5. The molecule has 0 aliphatic carbocycles. The van der Waals surface area contributed by atoms with Gasteiger partial charge in [-0.25, -0.2) is 0 Å². The first-order chi connectivity index (χ1) is 13.8. The van der Waals surface area contributed by atoms with Crippen molar-refractivity contribution in [1.82, 2.24) is 0 Å². The first-order valence-electron chi connectivity index (χ1n) is 11.6. The molecule has 0 aliphatic heterocycles. The van der Waals surface area contributed by atoms with Gasteiger partial charge >= 0.3 is 5.97 Å². The van der Waals surface area contributed by atoms with Crippen molar-refractivity contribution in [3.63, 3.8) is 0 Å². The number of hydrogen-bond acceptors (Lipinski definition) is 3. The molecule has 0 saturated heterocycles. The second-order valence-electron chi connectivity index (χ2n) is 7.73. The number of carbonyl (C=O) groups is 1. The van der Waals surface area contributed by atoms with Crippen molar-refractivity contribution in [2.24, 2.45) is 0 Å². The van der Waals surface area contributed by atoms with Crippen molar-refractivity contribution in [2.45, 2.75) is 110 Å². The van der Waals surface area contributed by atoms with Crippen LogP contribution in [-0.4, -0.2) is 12.6 Å². The maximum atomic E-state index is 11.9. The topological polar surface area (TPSA) is 35.5 Å². The van der Waals surface area contributed by atoms with Crippen LogP contribution in [0.2, 0.25) is 0 Å². The van der Waals surface area contributed by atoms with Crippen LogP contribution in [0.15, 0.2) is 24.3 Å². The highest BCUT2D eigenvalue weighted by atomic mass is 16.5. The fourth-order valence-electron chi connectivity index (χ4n) is 3.41. The summed E-state index contributed by atoms with van der Waals surface area (Å²) in [6, 6.07) is 7.74. The molecular weight excluding hydrogens is 348 g/mol. The summed E-state index contributed by atoms with van der Waals surface area (Å²) in [4.78, 5) is 11.9. The van der Waals surface area contributed by atoms with Gasteiger partial charge in [0.25, 0.3) is 0 Å². The fraction of sp³-hybridized carbons (Fsp3) is 0.720. The van der Waals surface area contributed by atoms with Crippen molar-refractivity contribution in [3.8, 4) is 5.75 Å². The van der Waals surface area contributed by atoms with Crippen LogP contribution in [-0.2, 0) is 16.1 Å². The van der Waals surface area contributed by atoms with Crippen LogP contribution in [0.5, 0.6) is 5.75 Å². The van der Waals surface area contributed by atoms with E-state index in [-0.39, 0.29) is 5.97 Å². The normalized spacial score (nSPS) is 10.8. The van der Waals surface area contributed by atoms with E-state index in [0.717, 1.165) is 24.2 Å². The van der Waals surface area contributed by atoms with E-state index in [2.05, 4.69) is 6.92 Å². The number of benzene rings is 1. The van der Waals surface area contributed by atoms with Gasteiger partial charge in [0.2, 0.25) is 0 Å². The number of esters is 1. The Bertz CT molecular complexity index is 498. The van der Waals surface area contributed by atoms with E-state index in [0.29, 0.717) is 19.6 Å². The van der Waals surface area contributed by atoms with Crippen LogP contribution in [0.3, 0.4) is 0 Å². The molecule has 0 N–H and O–H groups in total. The van der Waals surface area contributed by atoms with E-state index < -0.39 is 0 Å². The van der Waals surface area contributed by atoms with Crippen LogP contribution >= 0.6 is 0 Å². The Morgan fingerprint density at radius 1 is 0.786 bits per heavy atom. The highest BCUT2D eigenvalue weighted by Gasteiger charge is 2.04. The van der Waals surface area contributed by atoms with Gasteiger partial charge in [0.1, 0.15) is 12.4 Å². The minimum atomic E-state index is -0.0927. The Kier molecular flexibility index (Phi) is 15.4. The molecule has 0 bridgehead atoms. The van der Waals surface area contributed by atoms with Gasteiger partial charge in [0, 0.05) is 6.42 Å². The summed E-state index contributed by atoms with van der Waals surface area (Å²) in [5.74, 6) is 0.734. The molecule has 0 aromatic heterocycles. The van der Waals surface area contributed by atoms with E-state index in [1.807, 2.05) is 31.2 Å². The van der Waals surface area contributed by atoms with Crippen molar-refractivity contribution in [1.29, 1.82) is 0 Å². The lowest BCUT2D eigenvalue weighted by molar-refractivity contribution is -0.145. The highest BCUT2D eigenvalue weighted by Crippen LogP contribution is 2.15. The molecule has 1 aromatic rings. The maximum Gasteiger partial charge on any atom is 0.306 e. The summed E-state index contributed by atoms with van der Waals surface area (Å²) in [5.41, 5.74) is 0.977. The molecule has 0 unspecified atom stereocenters. The minimum absolute atomic E-state index is 0.0927. The second-order valence-corrected chi connectivity index (χ2v) is 7.73. The minimum Gasteiger partial charge on any atom is -0.494 e. The smallest absolute Gasteiger partial charge is 0.306 e.